The number of rotatable bonds is 3. The second kappa shape index (κ2) is 7.26. The number of aliphatic hydroxyl groups excluding tert-OH is 2. The molecule has 0 aliphatic carbocycles. The predicted octanol–water partition coefficient (Wildman–Crippen LogP) is 1.26. The van der Waals surface area contributed by atoms with Gasteiger partial charge in [0.2, 0.25) is 0 Å². The van der Waals surface area contributed by atoms with E-state index in [1.54, 1.807) is 17.0 Å². The lowest BCUT2D eigenvalue weighted by atomic mass is 10.0. The number of amides is 1. The molecule has 112 valence electrons. The van der Waals surface area contributed by atoms with Gasteiger partial charge in [0, 0.05) is 24.1 Å². The third kappa shape index (κ3) is 3.63. The number of hydrogen-bond donors (Lipinski definition) is 2. The lowest BCUT2D eigenvalue weighted by molar-refractivity contribution is 0.0648. The minimum absolute atomic E-state index is 0.0115. The van der Waals surface area contributed by atoms with E-state index in [-0.39, 0.29) is 25.2 Å². The van der Waals surface area contributed by atoms with Gasteiger partial charge >= 0.3 is 0 Å². The Bertz CT molecular complexity index is 541. The highest BCUT2D eigenvalue weighted by molar-refractivity contribution is 5.94. The fraction of sp³-hybridized carbons (Fsp3) is 0.471. The zero-order valence-corrected chi connectivity index (χ0v) is 12.2. The van der Waals surface area contributed by atoms with E-state index in [2.05, 4.69) is 18.8 Å². The van der Waals surface area contributed by atoms with Gasteiger partial charge in [-0.05, 0) is 36.6 Å². The van der Waals surface area contributed by atoms with Crippen LogP contribution >= 0.6 is 0 Å². The van der Waals surface area contributed by atoms with Crippen molar-refractivity contribution in [1.82, 2.24) is 4.90 Å². The van der Waals surface area contributed by atoms with Crippen LogP contribution in [-0.2, 0) is 0 Å². The molecule has 0 bridgehead atoms. The molecule has 2 rings (SSSR count). The van der Waals surface area contributed by atoms with Crippen LogP contribution in [0.5, 0.6) is 0 Å². The highest BCUT2D eigenvalue weighted by Crippen LogP contribution is 2.25. The first kappa shape index (κ1) is 15.6. The first-order valence-electron chi connectivity index (χ1n) is 7.29. The van der Waals surface area contributed by atoms with Crippen molar-refractivity contribution in [2.75, 3.05) is 19.8 Å². The topological polar surface area (TPSA) is 60.8 Å². The summed E-state index contributed by atoms with van der Waals surface area (Å²) in [4.78, 5) is 14.2. The maximum absolute atomic E-state index is 12.5. The first-order chi connectivity index (χ1) is 10.2. The summed E-state index contributed by atoms with van der Waals surface area (Å²) in [5, 5.41) is 18.1. The molecule has 1 aromatic carbocycles. The van der Waals surface area contributed by atoms with Crippen LogP contribution in [0.15, 0.2) is 24.3 Å². The predicted molar refractivity (Wildman–Crippen MR) is 80.7 cm³/mol. The van der Waals surface area contributed by atoms with Gasteiger partial charge in [-0.2, -0.15) is 0 Å². The van der Waals surface area contributed by atoms with E-state index in [9.17, 15) is 9.90 Å². The van der Waals surface area contributed by atoms with Crippen LogP contribution < -0.4 is 0 Å². The molecule has 4 heteroatoms. The van der Waals surface area contributed by atoms with Crippen LogP contribution in [0.1, 0.15) is 35.7 Å². The number of carbonyl (C=O) groups excluding carboxylic acids is 1. The van der Waals surface area contributed by atoms with Gasteiger partial charge in [-0.3, -0.25) is 4.79 Å². The van der Waals surface area contributed by atoms with Crippen molar-refractivity contribution < 1.29 is 15.0 Å². The molecular weight excluding hydrogens is 266 g/mol. The number of aliphatic hydroxyl groups is 2. The number of hydrogen-bond acceptors (Lipinski definition) is 3. The summed E-state index contributed by atoms with van der Waals surface area (Å²) < 4.78 is 0. The second-order valence-electron chi connectivity index (χ2n) is 5.37. The van der Waals surface area contributed by atoms with Gasteiger partial charge in [0.25, 0.3) is 5.91 Å². The summed E-state index contributed by atoms with van der Waals surface area (Å²) in [5.74, 6) is 6.08. The molecule has 0 saturated carbocycles. The standard InChI is InChI=1S/C17H21NO3/c1-13-9-10-18(16(13)12-20)17(21)15-7-5-14(6-8-15)4-2-3-11-19/h5-8,13,16,19-20H,3,9-12H2,1H3. The quantitative estimate of drug-likeness (QED) is 0.823. The molecule has 2 atom stereocenters. The Morgan fingerprint density at radius 1 is 1.33 bits per heavy atom. The van der Waals surface area contributed by atoms with Crippen LogP contribution in [0.25, 0.3) is 0 Å². The Morgan fingerprint density at radius 3 is 2.67 bits per heavy atom. The molecule has 1 fully saturated rings. The SMILES string of the molecule is CC1CCN(C(=O)c2ccc(C#CCCO)cc2)C1CO. The van der Waals surface area contributed by atoms with Crippen molar-refractivity contribution in [3.05, 3.63) is 35.4 Å². The molecule has 1 aliphatic heterocycles. The van der Waals surface area contributed by atoms with Gasteiger partial charge in [-0.25, -0.2) is 0 Å². The molecule has 1 amide bonds. The average molecular weight is 287 g/mol. The Morgan fingerprint density at radius 2 is 2.05 bits per heavy atom. The van der Waals surface area contributed by atoms with Crippen molar-refractivity contribution >= 4 is 5.91 Å². The molecule has 4 nitrogen and oxygen atoms in total. The molecule has 2 unspecified atom stereocenters. The molecule has 21 heavy (non-hydrogen) atoms. The zero-order chi connectivity index (χ0) is 15.2. The van der Waals surface area contributed by atoms with E-state index < -0.39 is 0 Å². The third-order valence-corrected chi connectivity index (χ3v) is 3.93. The lowest BCUT2D eigenvalue weighted by Gasteiger charge is -2.25. The van der Waals surface area contributed by atoms with Crippen LogP contribution in [0.3, 0.4) is 0 Å². The zero-order valence-electron chi connectivity index (χ0n) is 12.2. The minimum atomic E-state index is -0.0819. The summed E-state index contributed by atoms with van der Waals surface area (Å²) in [6.45, 7) is 2.83. The molecule has 1 heterocycles. The molecule has 0 aromatic heterocycles. The largest absolute Gasteiger partial charge is 0.395 e. The summed E-state index contributed by atoms with van der Waals surface area (Å²) in [7, 11) is 0. The van der Waals surface area contributed by atoms with E-state index in [1.807, 2.05) is 12.1 Å². The third-order valence-electron chi connectivity index (χ3n) is 3.93. The summed E-state index contributed by atoms with van der Waals surface area (Å²) in [6, 6.07) is 7.07. The van der Waals surface area contributed by atoms with Crippen molar-refractivity contribution in [3.63, 3.8) is 0 Å². The van der Waals surface area contributed by atoms with Crippen LogP contribution in [0, 0.1) is 17.8 Å². The average Bonchev–Trinajstić information content (AvgIpc) is 2.88. The molecular formula is C17H21NO3. The summed E-state index contributed by atoms with van der Waals surface area (Å²) >= 11 is 0. The molecule has 1 aromatic rings. The maximum Gasteiger partial charge on any atom is 0.254 e. The normalized spacial score (nSPS) is 21.0. The van der Waals surface area contributed by atoms with Gasteiger partial charge < -0.3 is 15.1 Å². The second-order valence-corrected chi connectivity index (χ2v) is 5.37. The van der Waals surface area contributed by atoms with Crippen molar-refractivity contribution in [3.8, 4) is 11.8 Å². The highest BCUT2D eigenvalue weighted by Gasteiger charge is 2.34. The van der Waals surface area contributed by atoms with Gasteiger partial charge in [-0.1, -0.05) is 18.8 Å². The highest BCUT2D eigenvalue weighted by atomic mass is 16.3. The Labute approximate surface area is 125 Å². The monoisotopic (exact) mass is 287 g/mol. The summed E-state index contributed by atoms with van der Waals surface area (Å²) in [6.07, 6.45) is 1.38. The summed E-state index contributed by atoms with van der Waals surface area (Å²) in [5.41, 5.74) is 1.45. The Kier molecular flexibility index (Phi) is 5.38. The fourth-order valence-corrected chi connectivity index (χ4v) is 2.62. The number of carbonyl (C=O) groups is 1. The first-order valence-corrected chi connectivity index (χ1v) is 7.29. The molecule has 0 radical (unpaired) electrons. The van der Waals surface area contributed by atoms with Crippen LogP contribution in [0.4, 0.5) is 0 Å². The van der Waals surface area contributed by atoms with Gasteiger partial charge in [0.1, 0.15) is 0 Å². The van der Waals surface area contributed by atoms with E-state index in [1.165, 1.54) is 0 Å². The Balaban J connectivity index is 2.08. The molecule has 2 N–H and O–H groups in total. The number of likely N-dealkylation sites (tertiary alicyclic amines) is 1. The fourth-order valence-electron chi connectivity index (χ4n) is 2.62. The molecule has 1 saturated heterocycles. The number of nitrogens with zero attached hydrogens (tertiary/aromatic N) is 1. The molecule has 1 aliphatic rings. The van der Waals surface area contributed by atoms with Crippen molar-refractivity contribution in [2.24, 2.45) is 5.92 Å². The smallest absolute Gasteiger partial charge is 0.254 e. The van der Waals surface area contributed by atoms with Crippen LogP contribution in [0.2, 0.25) is 0 Å². The minimum Gasteiger partial charge on any atom is -0.395 e. The van der Waals surface area contributed by atoms with E-state index in [0.29, 0.717) is 24.4 Å². The number of benzene rings is 1. The lowest BCUT2D eigenvalue weighted by Crippen LogP contribution is -2.39. The maximum atomic E-state index is 12.5. The van der Waals surface area contributed by atoms with E-state index in [0.717, 1.165) is 12.0 Å². The molecule has 0 spiro atoms. The van der Waals surface area contributed by atoms with Crippen molar-refractivity contribution in [2.45, 2.75) is 25.8 Å². The van der Waals surface area contributed by atoms with E-state index in [4.69, 9.17) is 5.11 Å². The van der Waals surface area contributed by atoms with Gasteiger partial charge in [-0.15, -0.1) is 0 Å². The van der Waals surface area contributed by atoms with Gasteiger partial charge in [0.05, 0.1) is 19.3 Å². The van der Waals surface area contributed by atoms with Gasteiger partial charge in [0.15, 0.2) is 0 Å². The van der Waals surface area contributed by atoms with Crippen LogP contribution in [-0.4, -0.2) is 46.8 Å². The van der Waals surface area contributed by atoms with Crippen molar-refractivity contribution in [1.29, 1.82) is 0 Å². The Hall–Kier alpha value is -1.83. The van der Waals surface area contributed by atoms with E-state index >= 15 is 0 Å².